The molecule has 1 saturated carbocycles. The molecule has 0 aromatic heterocycles. The second kappa shape index (κ2) is 8.45. The molecule has 0 radical (unpaired) electrons. The van der Waals surface area contributed by atoms with E-state index >= 15 is 0 Å². The van der Waals surface area contributed by atoms with Crippen LogP contribution < -0.4 is 10.6 Å². The minimum Gasteiger partial charge on any atom is -0.478 e. The van der Waals surface area contributed by atoms with Gasteiger partial charge < -0.3 is 15.7 Å². The minimum absolute atomic E-state index is 0.0474. The molecule has 140 valence electrons. The lowest BCUT2D eigenvalue weighted by Crippen LogP contribution is -2.15. The maximum Gasteiger partial charge on any atom is 0.335 e. The van der Waals surface area contributed by atoms with Gasteiger partial charge >= 0.3 is 5.97 Å². The largest absolute Gasteiger partial charge is 0.478 e. The molecule has 2 amide bonds. The van der Waals surface area contributed by atoms with Crippen LogP contribution in [0.1, 0.15) is 23.2 Å². The fourth-order valence-corrected chi connectivity index (χ4v) is 3.18. The molecule has 1 fully saturated rings. The summed E-state index contributed by atoms with van der Waals surface area (Å²) in [6.45, 7) is 0. The minimum atomic E-state index is -1.09. The summed E-state index contributed by atoms with van der Waals surface area (Å²) in [6, 6.07) is 11.4. The van der Waals surface area contributed by atoms with Gasteiger partial charge in [0, 0.05) is 16.5 Å². The lowest BCUT2D eigenvalue weighted by molar-refractivity contribution is -0.117. The number of carbonyl (C=O) groups is 3. The van der Waals surface area contributed by atoms with Gasteiger partial charge in [-0.15, -0.1) is 11.8 Å². The lowest BCUT2D eigenvalue weighted by atomic mass is 10.2. The molecule has 3 N–H and O–H groups in total. The van der Waals surface area contributed by atoms with E-state index in [9.17, 15) is 14.4 Å². The van der Waals surface area contributed by atoms with Crippen molar-refractivity contribution in [2.75, 3.05) is 16.4 Å². The van der Waals surface area contributed by atoms with Crippen molar-refractivity contribution in [2.24, 2.45) is 5.92 Å². The van der Waals surface area contributed by atoms with Crippen LogP contribution in [0.2, 0.25) is 5.02 Å². The first-order valence-electron chi connectivity index (χ1n) is 8.29. The van der Waals surface area contributed by atoms with Gasteiger partial charge in [0.1, 0.15) is 0 Å². The maximum atomic E-state index is 12.1. The van der Waals surface area contributed by atoms with Crippen LogP contribution in [0.25, 0.3) is 0 Å². The van der Waals surface area contributed by atoms with Crippen LogP contribution in [0.4, 0.5) is 11.4 Å². The second-order valence-corrected chi connectivity index (χ2v) is 7.58. The molecule has 0 aliphatic heterocycles. The molecule has 2 aromatic rings. The van der Waals surface area contributed by atoms with Crippen LogP contribution >= 0.6 is 23.4 Å². The van der Waals surface area contributed by atoms with E-state index in [4.69, 9.17) is 16.7 Å². The van der Waals surface area contributed by atoms with E-state index in [1.54, 1.807) is 12.1 Å². The number of hydrogen-bond donors (Lipinski definition) is 3. The molecule has 3 rings (SSSR count). The number of rotatable bonds is 7. The summed E-state index contributed by atoms with van der Waals surface area (Å²) in [5.41, 5.74) is 1.05. The van der Waals surface area contributed by atoms with Gasteiger partial charge in [0.05, 0.1) is 22.0 Å². The summed E-state index contributed by atoms with van der Waals surface area (Å²) in [5.74, 6) is -1.05. The molecule has 0 spiro atoms. The van der Waals surface area contributed by atoms with E-state index in [0.717, 1.165) is 23.4 Å². The Balaban J connectivity index is 1.52. The molecule has 0 bridgehead atoms. The molecule has 0 saturated heterocycles. The molecule has 0 heterocycles. The molecular formula is C19H17ClN2O4S. The van der Waals surface area contributed by atoms with Crippen molar-refractivity contribution in [3.8, 4) is 0 Å². The van der Waals surface area contributed by atoms with Crippen LogP contribution in [0.15, 0.2) is 47.4 Å². The van der Waals surface area contributed by atoms with Gasteiger partial charge in [-0.2, -0.15) is 0 Å². The standard InChI is InChI=1S/C19H17ClN2O4S/c20-15-8-3-12(19(25)26)9-16(15)22-17(23)10-27-14-6-4-13(5-7-14)21-18(24)11-1-2-11/h3-9,11H,1-2,10H2,(H,21,24)(H,22,23)(H,25,26). The Hall–Kier alpha value is -2.51. The molecule has 6 nitrogen and oxygen atoms in total. The van der Waals surface area contributed by atoms with Crippen LogP contribution in [0, 0.1) is 5.92 Å². The van der Waals surface area contributed by atoms with Gasteiger partial charge in [-0.05, 0) is 55.3 Å². The quantitative estimate of drug-likeness (QED) is 0.603. The van der Waals surface area contributed by atoms with Crippen molar-refractivity contribution in [3.05, 3.63) is 53.1 Å². The molecular weight excluding hydrogens is 388 g/mol. The highest BCUT2D eigenvalue weighted by molar-refractivity contribution is 8.00. The Morgan fingerprint density at radius 3 is 2.41 bits per heavy atom. The van der Waals surface area contributed by atoms with Gasteiger partial charge in [0.25, 0.3) is 0 Å². The van der Waals surface area contributed by atoms with Crippen LogP contribution in [0.3, 0.4) is 0 Å². The number of anilines is 2. The first-order chi connectivity index (χ1) is 12.9. The van der Waals surface area contributed by atoms with Crippen molar-refractivity contribution in [1.29, 1.82) is 0 Å². The van der Waals surface area contributed by atoms with Gasteiger partial charge in [-0.25, -0.2) is 4.79 Å². The molecule has 8 heteroatoms. The Morgan fingerprint density at radius 1 is 1.07 bits per heavy atom. The van der Waals surface area contributed by atoms with Gasteiger partial charge in [-0.3, -0.25) is 9.59 Å². The zero-order valence-electron chi connectivity index (χ0n) is 14.2. The number of thioether (sulfide) groups is 1. The summed E-state index contributed by atoms with van der Waals surface area (Å²) >= 11 is 7.32. The number of halogens is 1. The van der Waals surface area contributed by atoms with E-state index < -0.39 is 5.97 Å². The van der Waals surface area contributed by atoms with E-state index in [-0.39, 0.29) is 39.8 Å². The molecule has 1 aliphatic carbocycles. The van der Waals surface area contributed by atoms with Crippen molar-refractivity contribution >= 4 is 52.5 Å². The average Bonchev–Trinajstić information content (AvgIpc) is 3.48. The number of carboxylic acid groups (broad SMARTS) is 1. The molecule has 0 unspecified atom stereocenters. The molecule has 2 aromatic carbocycles. The zero-order chi connectivity index (χ0) is 19.4. The van der Waals surface area contributed by atoms with Gasteiger partial charge in [-0.1, -0.05) is 11.6 Å². The summed E-state index contributed by atoms with van der Waals surface area (Å²) in [5, 5.41) is 14.8. The smallest absolute Gasteiger partial charge is 0.335 e. The van der Waals surface area contributed by atoms with Crippen LogP contribution in [0.5, 0.6) is 0 Å². The average molecular weight is 405 g/mol. The summed E-state index contributed by atoms with van der Waals surface area (Å²) in [6.07, 6.45) is 1.91. The van der Waals surface area contributed by atoms with Crippen molar-refractivity contribution in [3.63, 3.8) is 0 Å². The predicted octanol–water partition coefficient (Wildman–Crippen LogP) is 4.12. The van der Waals surface area contributed by atoms with Crippen molar-refractivity contribution in [1.82, 2.24) is 0 Å². The third kappa shape index (κ3) is 5.48. The SMILES string of the molecule is O=C(CSc1ccc(NC(=O)C2CC2)cc1)Nc1cc(C(=O)O)ccc1Cl. The third-order valence-electron chi connectivity index (χ3n) is 3.93. The van der Waals surface area contributed by atoms with E-state index in [1.165, 1.54) is 30.0 Å². The molecule has 27 heavy (non-hydrogen) atoms. The van der Waals surface area contributed by atoms with Gasteiger partial charge in [0.15, 0.2) is 0 Å². The Kier molecular flexibility index (Phi) is 6.03. The number of benzene rings is 2. The molecule has 0 atom stereocenters. The first-order valence-corrected chi connectivity index (χ1v) is 9.65. The maximum absolute atomic E-state index is 12.1. The highest BCUT2D eigenvalue weighted by Crippen LogP contribution is 2.30. The number of carbonyl (C=O) groups excluding carboxylic acids is 2. The van der Waals surface area contributed by atoms with Crippen LogP contribution in [-0.2, 0) is 9.59 Å². The first kappa shape index (κ1) is 19.3. The number of hydrogen-bond acceptors (Lipinski definition) is 4. The summed E-state index contributed by atoms with van der Waals surface area (Å²) in [4.78, 5) is 35.7. The molecule has 1 aliphatic rings. The number of nitrogens with one attached hydrogen (secondary N) is 2. The van der Waals surface area contributed by atoms with Gasteiger partial charge in [0.2, 0.25) is 11.8 Å². The summed E-state index contributed by atoms with van der Waals surface area (Å²) < 4.78 is 0. The second-order valence-electron chi connectivity index (χ2n) is 6.12. The fourth-order valence-electron chi connectivity index (χ4n) is 2.31. The highest BCUT2D eigenvalue weighted by atomic mass is 35.5. The Labute approximate surface area is 165 Å². The Morgan fingerprint density at radius 2 is 1.78 bits per heavy atom. The fraction of sp³-hybridized carbons (Fsp3) is 0.211. The van der Waals surface area contributed by atoms with E-state index in [0.29, 0.717) is 0 Å². The highest BCUT2D eigenvalue weighted by Gasteiger charge is 2.29. The lowest BCUT2D eigenvalue weighted by Gasteiger charge is -2.09. The van der Waals surface area contributed by atoms with Crippen molar-refractivity contribution < 1.29 is 19.5 Å². The Bertz CT molecular complexity index is 882. The van der Waals surface area contributed by atoms with E-state index in [2.05, 4.69) is 10.6 Å². The van der Waals surface area contributed by atoms with Crippen LogP contribution in [-0.4, -0.2) is 28.6 Å². The number of carboxylic acids is 1. The monoisotopic (exact) mass is 404 g/mol. The number of amides is 2. The zero-order valence-corrected chi connectivity index (χ0v) is 15.8. The third-order valence-corrected chi connectivity index (χ3v) is 5.27. The van der Waals surface area contributed by atoms with E-state index in [1.807, 2.05) is 12.1 Å². The summed E-state index contributed by atoms with van der Waals surface area (Å²) in [7, 11) is 0. The number of aromatic carboxylic acids is 1. The predicted molar refractivity (Wildman–Crippen MR) is 106 cm³/mol. The normalized spacial score (nSPS) is 13.1. The topological polar surface area (TPSA) is 95.5 Å². The van der Waals surface area contributed by atoms with Crippen molar-refractivity contribution in [2.45, 2.75) is 17.7 Å².